The van der Waals surface area contributed by atoms with Crippen molar-refractivity contribution in [1.29, 1.82) is 0 Å². The second-order valence-electron chi connectivity index (χ2n) is 7.46. The number of aryl methyl sites for hydroxylation is 1. The van der Waals surface area contributed by atoms with E-state index in [4.69, 9.17) is 4.74 Å². The summed E-state index contributed by atoms with van der Waals surface area (Å²) in [7, 11) is 0. The topological polar surface area (TPSA) is 49.9 Å². The van der Waals surface area contributed by atoms with Gasteiger partial charge in [0.2, 0.25) is 0 Å². The predicted molar refractivity (Wildman–Crippen MR) is 99.2 cm³/mol. The van der Waals surface area contributed by atoms with Crippen molar-refractivity contribution in [2.45, 2.75) is 45.1 Å². The molecule has 0 bridgehead atoms. The molecule has 0 N–H and O–H groups in total. The first-order chi connectivity index (χ1) is 12.7. The highest BCUT2D eigenvalue weighted by Gasteiger charge is 2.45. The Hall–Kier alpha value is -2.14. The van der Waals surface area contributed by atoms with E-state index in [-0.39, 0.29) is 17.9 Å². The van der Waals surface area contributed by atoms with Crippen LogP contribution >= 0.6 is 0 Å². The number of morpholine rings is 1. The lowest BCUT2D eigenvalue weighted by molar-refractivity contribution is -0.141. The van der Waals surface area contributed by atoms with Crippen LogP contribution in [0.5, 0.6) is 0 Å². The summed E-state index contributed by atoms with van der Waals surface area (Å²) in [5.74, 6) is -0.230. The molecule has 0 atom stereocenters. The maximum Gasteiger partial charge on any atom is 0.278 e. The van der Waals surface area contributed by atoms with Gasteiger partial charge in [0.1, 0.15) is 5.70 Å². The summed E-state index contributed by atoms with van der Waals surface area (Å²) in [4.78, 5) is 30.3. The molecule has 2 fully saturated rings. The second-order valence-corrected chi connectivity index (χ2v) is 7.46. The number of hydrogen-bond donors (Lipinski definition) is 0. The van der Waals surface area contributed by atoms with Crippen LogP contribution in [0.2, 0.25) is 0 Å². The second kappa shape index (κ2) is 7.23. The first-order valence-electron chi connectivity index (χ1n) is 9.68. The van der Waals surface area contributed by atoms with Crippen LogP contribution in [-0.2, 0) is 14.3 Å². The van der Waals surface area contributed by atoms with Crippen molar-refractivity contribution in [1.82, 2.24) is 9.80 Å². The number of benzene rings is 1. The van der Waals surface area contributed by atoms with Gasteiger partial charge >= 0.3 is 0 Å². The van der Waals surface area contributed by atoms with Crippen molar-refractivity contribution >= 4 is 17.4 Å². The maximum atomic E-state index is 13.3. The molecule has 1 aromatic rings. The maximum absolute atomic E-state index is 13.3. The Labute approximate surface area is 154 Å². The normalized spacial score (nSPS) is 22.5. The molecule has 1 saturated carbocycles. The number of rotatable bonds is 3. The Morgan fingerprint density at radius 3 is 2.23 bits per heavy atom. The van der Waals surface area contributed by atoms with Crippen LogP contribution in [0.3, 0.4) is 0 Å². The number of nitrogens with zero attached hydrogens (tertiary/aromatic N) is 2. The molecule has 5 nitrogen and oxygen atoms in total. The summed E-state index contributed by atoms with van der Waals surface area (Å²) in [6.07, 6.45) is 5.23. The van der Waals surface area contributed by atoms with E-state index in [1.54, 1.807) is 4.90 Å². The van der Waals surface area contributed by atoms with E-state index in [1.165, 1.54) is 6.42 Å². The van der Waals surface area contributed by atoms with Gasteiger partial charge in [-0.05, 0) is 25.3 Å². The van der Waals surface area contributed by atoms with E-state index in [9.17, 15) is 9.59 Å². The number of amides is 2. The summed E-state index contributed by atoms with van der Waals surface area (Å²) in [6.45, 7) is 4.52. The largest absolute Gasteiger partial charge is 0.378 e. The van der Waals surface area contributed by atoms with E-state index in [1.807, 2.05) is 36.1 Å². The fourth-order valence-corrected chi connectivity index (χ4v) is 4.27. The summed E-state index contributed by atoms with van der Waals surface area (Å²) in [6, 6.07) is 7.96. The fourth-order valence-electron chi connectivity index (χ4n) is 4.27. The van der Waals surface area contributed by atoms with Gasteiger partial charge in [-0.25, -0.2) is 0 Å². The highest BCUT2D eigenvalue weighted by atomic mass is 16.5. The Morgan fingerprint density at radius 2 is 1.58 bits per heavy atom. The van der Waals surface area contributed by atoms with Crippen LogP contribution < -0.4 is 0 Å². The van der Waals surface area contributed by atoms with Gasteiger partial charge in [0.25, 0.3) is 11.8 Å². The van der Waals surface area contributed by atoms with E-state index < -0.39 is 0 Å². The summed E-state index contributed by atoms with van der Waals surface area (Å²) in [5, 5.41) is 0. The van der Waals surface area contributed by atoms with Gasteiger partial charge in [-0.3, -0.25) is 14.5 Å². The van der Waals surface area contributed by atoms with E-state index >= 15 is 0 Å². The van der Waals surface area contributed by atoms with Gasteiger partial charge in [0.15, 0.2) is 0 Å². The monoisotopic (exact) mass is 354 g/mol. The van der Waals surface area contributed by atoms with Gasteiger partial charge in [-0.15, -0.1) is 0 Å². The molecule has 2 aliphatic heterocycles. The van der Waals surface area contributed by atoms with Crippen molar-refractivity contribution in [2.75, 3.05) is 26.3 Å². The Morgan fingerprint density at radius 1 is 0.923 bits per heavy atom. The molecule has 2 heterocycles. The van der Waals surface area contributed by atoms with Crippen molar-refractivity contribution in [2.24, 2.45) is 0 Å². The average molecular weight is 354 g/mol. The van der Waals surface area contributed by atoms with Crippen LogP contribution in [0, 0.1) is 6.92 Å². The standard InChI is InChI=1S/C21H26N2O3/c1-15-7-9-16(10-8-15)18-19(22-11-13-26-14-12-22)21(25)23(20(18)24)17-5-3-2-4-6-17/h7-10,17H,2-6,11-14H2,1H3. The molecule has 1 saturated heterocycles. The highest BCUT2D eigenvalue weighted by molar-refractivity contribution is 6.35. The molecule has 3 aliphatic rings. The van der Waals surface area contributed by atoms with Crippen molar-refractivity contribution < 1.29 is 14.3 Å². The summed E-state index contributed by atoms with van der Waals surface area (Å²) < 4.78 is 5.45. The van der Waals surface area contributed by atoms with Gasteiger partial charge in [-0.1, -0.05) is 49.1 Å². The molecule has 138 valence electrons. The van der Waals surface area contributed by atoms with Gasteiger partial charge < -0.3 is 9.64 Å². The molecule has 2 amide bonds. The molecule has 0 unspecified atom stereocenters. The summed E-state index contributed by atoms with van der Waals surface area (Å²) in [5.41, 5.74) is 3.13. The number of imide groups is 1. The fraction of sp³-hybridized carbons (Fsp3) is 0.524. The smallest absolute Gasteiger partial charge is 0.278 e. The Balaban J connectivity index is 1.74. The molecular formula is C21H26N2O3. The predicted octanol–water partition coefficient (Wildman–Crippen LogP) is 2.74. The van der Waals surface area contributed by atoms with Crippen LogP contribution in [0.1, 0.15) is 43.2 Å². The quantitative estimate of drug-likeness (QED) is 0.783. The van der Waals surface area contributed by atoms with Crippen molar-refractivity contribution in [3.8, 4) is 0 Å². The number of ether oxygens (including phenoxy) is 1. The molecule has 26 heavy (non-hydrogen) atoms. The molecular weight excluding hydrogens is 328 g/mol. The zero-order valence-electron chi connectivity index (χ0n) is 15.4. The average Bonchev–Trinajstić information content (AvgIpc) is 2.94. The molecule has 0 aromatic heterocycles. The highest BCUT2D eigenvalue weighted by Crippen LogP contribution is 2.36. The van der Waals surface area contributed by atoms with Crippen LogP contribution in [0.15, 0.2) is 30.0 Å². The Kier molecular flexibility index (Phi) is 4.81. The Bertz CT molecular complexity index is 726. The first-order valence-corrected chi connectivity index (χ1v) is 9.68. The summed E-state index contributed by atoms with van der Waals surface area (Å²) >= 11 is 0. The number of carbonyl (C=O) groups excluding carboxylic acids is 2. The van der Waals surface area contributed by atoms with E-state index in [2.05, 4.69) is 0 Å². The van der Waals surface area contributed by atoms with Crippen LogP contribution in [0.25, 0.3) is 5.57 Å². The zero-order chi connectivity index (χ0) is 18.1. The molecule has 1 aliphatic carbocycles. The minimum atomic E-state index is -0.118. The number of carbonyl (C=O) groups is 2. The van der Waals surface area contributed by atoms with Gasteiger partial charge in [0.05, 0.1) is 18.8 Å². The first kappa shape index (κ1) is 17.3. The van der Waals surface area contributed by atoms with Crippen molar-refractivity contribution in [3.63, 3.8) is 0 Å². The molecule has 0 radical (unpaired) electrons. The molecule has 5 heteroatoms. The van der Waals surface area contributed by atoms with Crippen molar-refractivity contribution in [3.05, 3.63) is 41.1 Å². The van der Waals surface area contributed by atoms with Gasteiger partial charge in [-0.2, -0.15) is 0 Å². The minimum absolute atomic E-state index is 0.0442. The van der Waals surface area contributed by atoms with E-state index in [0.29, 0.717) is 37.6 Å². The molecule has 1 aromatic carbocycles. The SMILES string of the molecule is Cc1ccc(C2=C(N3CCOCC3)C(=O)N(C3CCCCC3)C2=O)cc1. The lowest BCUT2D eigenvalue weighted by Gasteiger charge is -2.32. The molecule has 4 rings (SSSR count). The van der Waals surface area contributed by atoms with Crippen LogP contribution in [-0.4, -0.2) is 54.0 Å². The molecule has 0 spiro atoms. The zero-order valence-corrected chi connectivity index (χ0v) is 15.4. The lowest BCUT2D eigenvalue weighted by atomic mass is 9.94. The minimum Gasteiger partial charge on any atom is -0.378 e. The van der Waals surface area contributed by atoms with E-state index in [0.717, 1.165) is 36.8 Å². The third kappa shape index (κ3) is 3.05. The van der Waals surface area contributed by atoms with Gasteiger partial charge in [0, 0.05) is 19.1 Å². The third-order valence-electron chi connectivity index (χ3n) is 5.70. The van der Waals surface area contributed by atoms with Crippen LogP contribution in [0.4, 0.5) is 0 Å². The third-order valence-corrected chi connectivity index (χ3v) is 5.70. The number of hydrogen-bond acceptors (Lipinski definition) is 4. The lowest BCUT2D eigenvalue weighted by Crippen LogP contribution is -2.45.